The van der Waals surface area contributed by atoms with Crippen LogP contribution in [0.5, 0.6) is 0 Å². The molecular formula is C16H30Mg. The van der Waals surface area contributed by atoms with Crippen LogP contribution in [0.1, 0.15) is 90.9 Å². The maximum absolute atomic E-state index is 2.27. The van der Waals surface area contributed by atoms with Gasteiger partial charge in [-0.25, -0.2) is 0 Å². The summed E-state index contributed by atoms with van der Waals surface area (Å²) >= 11 is 0. The van der Waals surface area contributed by atoms with Crippen molar-refractivity contribution in [2.75, 3.05) is 0 Å². The highest BCUT2D eigenvalue weighted by Gasteiger charge is 2.13. The van der Waals surface area contributed by atoms with E-state index in [2.05, 4.69) is 13.8 Å². The lowest BCUT2D eigenvalue weighted by Crippen LogP contribution is -1.86. The van der Waals surface area contributed by atoms with E-state index < -0.39 is 0 Å². The summed E-state index contributed by atoms with van der Waals surface area (Å²) in [6, 6.07) is 0. The first-order valence-electron chi connectivity index (χ1n) is 7.54. The van der Waals surface area contributed by atoms with Crippen LogP contribution in [-0.2, 0) is 0 Å². The van der Waals surface area contributed by atoms with E-state index in [9.17, 15) is 0 Å². The molecule has 2 aliphatic rings. The fraction of sp³-hybridized carbons (Fsp3) is 0.875. The molecule has 0 amide bonds. The van der Waals surface area contributed by atoms with Crippen molar-refractivity contribution in [2.24, 2.45) is 0 Å². The molecule has 0 saturated heterocycles. The minimum Gasteiger partial charge on any atom is -0.0654 e. The van der Waals surface area contributed by atoms with Crippen molar-refractivity contribution < 1.29 is 0 Å². The van der Waals surface area contributed by atoms with Crippen LogP contribution < -0.4 is 0 Å². The Morgan fingerprint density at radius 3 is 1.18 bits per heavy atom. The monoisotopic (exact) mass is 246 g/mol. The average Bonchev–Trinajstić information content (AvgIpc) is 2.92. The summed E-state index contributed by atoms with van der Waals surface area (Å²) in [6.07, 6.45) is 17.1. The van der Waals surface area contributed by atoms with Crippen molar-refractivity contribution >= 4 is 23.1 Å². The zero-order valence-electron chi connectivity index (χ0n) is 12.2. The molecule has 0 nitrogen and oxygen atoms in total. The lowest BCUT2D eigenvalue weighted by atomic mass is 10.0. The van der Waals surface area contributed by atoms with Crippen LogP contribution >= 0.6 is 0 Å². The standard InChI is InChI=1S/2C8H15.Mg/c2*1-2-5-8-6-3-4-7-8;/h2*2-7H2,1H3;. The van der Waals surface area contributed by atoms with Crippen molar-refractivity contribution in [1.82, 2.24) is 0 Å². The van der Waals surface area contributed by atoms with Gasteiger partial charge in [-0.1, -0.05) is 52.4 Å². The van der Waals surface area contributed by atoms with Crippen molar-refractivity contribution in [2.45, 2.75) is 90.9 Å². The maximum Gasteiger partial charge on any atom is 0 e. The van der Waals surface area contributed by atoms with Gasteiger partial charge in [0.2, 0.25) is 0 Å². The molecule has 4 radical (unpaired) electrons. The van der Waals surface area contributed by atoms with Gasteiger partial charge in [-0.15, -0.1) is 0 Å². The number of hydrogen-bond acceptors (Lipinski definition) is 0. The van der Waals surface area contributed by atoms with Crippen LogP contribution in [0.25, 0.3) is 0 Å². The van der Waals surface area contributed by atoms with Gasteiger partial charge in [0.05, 0.1) is 0 Å². The first-order chi connectivity index (χ1) is 7.86. The van der Waals surface area contributed by atoms with E-state index in [-0.39, 0.29) is 23.1 Å². The second-order valence-corrected chi connectivity index (χ2v) is 5.41. The molecular weight excluding hydrogens is 216 g/mol. The van der Waals surface area contributed by atoms with Gasteiger partial charge in [0.25, 0.3) is 0 Å². The summed E-state index contributed by atoms with van der Waals surface area (Å²) in [5, 5.41) is 0. The van der Waals surface area contributed by atoms with Crippen molar-refractivity contribution in [1.29, 1.82) is 0 Å². The van der Waals surface area contributed by atoms with E-state index in [0.29, 0.717) is 0 Å². The minimum atomic E-state index is 0. The molecule has 0 aromatic carbocycles. The highest BCUT2D eigenvalue weighted by Crippen LogP contribution is 2.30. The lowest BCUT2D eigenvalue weighted by molar-refractivity contribution is 0.740. The molecule has 2 aliphatic carbocycles. The molecule has 0 atom stereocenters. The second kappa shape index (κ2) is 11.8. The van der Waals surface area contributed by atoms with Crippen LogP contribution in [0.2, 0.25) is 0 Å². The summed E-state index contributed by atoms with van der Waals surface area (Å²) < 4.78 is 0. The van der Waals surface area contributed by atoms with Gasteiger partial charge in [0.15, 0.2) is 0 Å². The molecule has 17 heavy (non-hydrogen) atoms. The third kappa shape index (κ3) is 8.48. The average molecular weight is 247 g/mol. The molecule has 0 N–H and O–H groups in total. The van der Waals surface area contributed by atoms with Crippen molar-refractivity contribution in [3.8, 4) is 0 Å². The predicted octanol–water partition coefficient (Wildman–Crippen LogP) is 5.49. The maximum atomic E-state index is 2.27. The summed E-state index contributed by atoms with van der Waals surface area (Å²) in [7, 11) is 0. The molecule has 2 saturated carbocycles. The molecule has 0 aromatic rings. The van der Waals surface area contributed by atoms with E-state index >= 15 is 0 Å². The topological polar surface area (TPSA) is 0 Å². The normalized spacial score (nSPS) is 20.8. The molecule has 0 aliphatic heterocycles. The van der Waals surface area contributed by atoms with E-state index in [4.69, 9.17) is 0 Å². The van der Waals surface area contributed by atoms with Gasteiger partial charge >= 0.3 is 0 Å². The van der Waals surface area contributed by atoms with Crippen molar-refractivity contribution in [3.63, 3.8) is 0 Å². The molecule has 0 heterocycles. The Morgan fingerprint density at radius 2 is 0.941 bits per heavy atom. The van der Waals surface area contributed by atoms with Gasteiger partial charge < -0.3 is 0 Å². The molecule has 0 aromatic heterocycles. The Bertz CT molecular complexity index is 126. The first-order valence-corrected chi connectivity index (χ1v) is 7.54. The van der Waals surface area contributed by atoms with Gasteiger partial charge in [0, 0.05) is 23.1 Å². The van der Waals surface area contributed by atoms with Gasteiger partial charge in [-0.3, -0.25) is 0 Å². The van der Waals surface area contributed by atoms with Crippen LogP contribution in [0, 0.1) is 11.8 Å². The quantitative estimate of drug-likeness (QED) is 0.576. The van der Waals surface area contributed by atoms with E-state index in [1.807, 2.05) is 11.8 Å². The molecule has 0 spiro atoms. The Labute approximate surface area is 125 Å². The first kappa shape index (κ1) is 17.8. The van der Waals surface area contributed by atoms with Crippen LogP contribution in [0.15, 0.2) is 0 Å². The van der Waals surface area contributed by atoms with Crippen LogP contribution in [0.3, 0.4) is 0 Å². The largest absolute Gasteiger partial charge is 0.0654 e. The SMILES string of the molecule is CCC[C]1CCCC1.CCC[C]1CCCC1.[Mg]. The van der Waals surface area contributed by atoms with E-state index in [0.717, 1.165) is 0 Å². The summed E-state index contributed by atoms with van der Waals surface area (Å²) in [6.45, 7) is 4.54. The van der Waals surface area contributed by atoms with Crippen molar-refractivity contribution in [3.05, 3.63) is 11.8 Å². The molecule has 0 bridgehead atoms. The summed E-state index contributed by atoms with van der Waals surface area (Å²) in [5.74, 6) is 3.65. The highest BCUT2D eigenvalue weighted by molar-refractivity contribution is 5.75. The van der Waals surface area contributed by atoms with E-state index in [1.165, 1.54) is 77.0 Å². The Hall–Kier alpha value is 0.766. The molecule has 2 fully saturated rings. The number of hydrogen-bond donors (Lipinski definition) is 0. The highest BCUT2D eigenvalue weighted by atomic mass is 24.3. The molecule has 0 unspecified atom stereocenters. The third-order valence-electron chi connectivity index (χ3n) is 3.83. The Balaban J connectivity index is 0.000000284. The van der Waals surface area contributed by atoms with E-state index in [1.54, 1.807) is 0 Å². The predicted molar refractivity (Wildman–Crippen MR) is 79.0 cm³/mol. The van der Waals surface area contributed by atoms with Gasteiger partial charge in [-0.05, 0) is 50.4 Å². The zero-order chi connectivity index (χ0) is 11.6. The molecule has 2 rings (SSSR count). The third-order valence-corrected chi connectivity index (χ3v) is 3.83. The Kier molecular flexibility index (Phi) is 12.4. The Morgan fingerprint density at radius 1 is 0.647 bits per heavy atom. The fourth-order valence-electron chi connectivity index (χ4n) is 2.96. The minimum absolute atomic E-state index is 0. The van der Waals surface area contributed by atoms with Crippen LogP contribution in [0.4, 0.5) is 0 Å². The van der Waals surface area contributed by atoms with Crippen LogP contribution in [-0.4, -0.2) is 23.1 Å². The summed E-state index contributed by atoms with van der Waals surface area (Å²) in [5.41, 5.74) is 0. The second-order valence-electron chi connectivity index (χ2n) is 5.41. The smallest absolute Gasteiger partial charge is 0 e. The molecule has 96 valence electrons. The molecule has 1 heteroatoms. The van der Waals surface area contributed by atoms with Gasteiger partial charge in [0.1, 0.15) is 0 Å². The fourth-order valence-corrected chi connectivity index (χ4v) is 2.96. The summed E-state index contributed by atoms with van der Waals surface area (Å²) in [4.78, 5) is 0. The van der Waals surface area contributed by atoms with Gasteiger partial charge in [-0.2, -0.15) is 0 Å². The lowest BCUT2D eigenvalue weighted by Gasteiger charge is -2.02. The zero-order valence-corrected chi connectivity index (χ0v) is 13.6. The number of rotatable bonds is 4.